The second kappa shape index (κ2) is 6.07. The SMILES string of the molecule is CCn1ccc(=O)n(Cc2ccc(B(O)O)cc2F)c1=O. The third-order valence-corrected chi connectivity index (χ3v) is 3.18. The molecule has 1 aromatic carbocycles. The van der Waals surface area contributed by atoms with E-state index >= 15 is 0 Å². The van der Waals surface area contributed by atoms with Crippen LogP contribution in [0.4, 0.5) is 4.39 Å². The van der Waals surface area contributed by atoms with Crippen molar-refractivity contribution in [1.29, 1.82) is 0 Å². The molecule has 6 nitrogen and oxygen atoms in total. The number of hydrogen-bond acceptors (Lipinski definition) is 4. The van der Waals surface area contributed by atoms with Gasteiger partial charge in [-0.15, -0.1) is 0 Å². The maximum absolute atomic E-state index is 13.9. The van der Waals surface area contributed by atoms with Gasteiger partial charge in [0.2, 0.25) is 0 Å². The Labute approximate surface area is 119 Å². The first-order valence-electron chi connectivity index (χ1n) is 6.38. The fraction of sp³-hybridized carbons (Fsp3) is 0.231. The summed E-state index contributed by atoms with van der Waals surface area (Å²) in [4.78, 5) is 23.8. The van der Waals surface area contributed by atoms with Crippen LogP contribution < -0.4 is 16.7 Å². The van der Waals surface area contributed by atoms with E-state index in [-0.39, 0.29) is 17.6 Å². The third-order valence-electron chi connectivity index (χ3n) is 3.18. The summed E-state index contributed by atoms with van der Waals surface area (Å²) < 4.78 is 16.2. The monoisotopic (exact) mass is 292 g/mol. The van der Waals surface area contributed by atoms with Crippen LogP contribution in [-0.2, 0) is 13.1 Å². The quantitative estimate of drug-likeness (QED) is 0.700. The largest absolute Gasteiger partial charge is 0.488 e. The molecule has 0 radical (unpaired) electrons. The molecule has 1 aromatic heterocycles. The van der Waals surface area contributed by atoms with Crippen LogP contribution in [0.2, 0.25) is 0 Å². The second-order valence-electron chi connectivity index (χ2n) is 4.53. The minimum atomic E-state index is -1.77. The predicted octanol–water partition coefficient (Wildman–Crippen LogP) is -1.10. The Hall–Kier alpha value is -2.19. The predicted molar refractivity (Wildman–Crippen MR) is 76.0 cm³/mol. The molecule has 0 amide bonds. The molecule has 0 unspecified atom stereocenters. The number of benzene rings is 1. The molecule has 0 aliphatic carbocycles. The van der Waals surface area contributed by atoms with E-state index in [2.05, 4.69) is 0 Å². The number of aromatic nitrogens is 2. The summed E-state index contributed by atoms with van der Waals surface area (Å²) in [5.41, 5.74) is -0.916. The Balaban J connectivity index is 2.44. The maximum Gasteiger partial charge on any atom is 0.488 e. The van der Waals surface area contributed by atoms with Gasteiger partial charge in [-0.2, -0.15) is 0 Å². The van der Waals surface area contributed by atoms with Crippen molar-refractivity contribution in [2.24, 2.45) is 0 Å². The molecule has 0 atom stereocenters. The molecule has 0 saturated heterocycles. The first kappa shape index (κ1) is 15.2. The molecule has 8 heteroatoms. The van der Waals surface area contributed by atoms with Crippen LogP contribution in [0.1, 0.15) is 12.5 Å². The lowest BCUT2D eigenvalue weighted by molar-refractivity contribution is 0.425. The summed E-state index contributed by atoms with van der Waals surface area (Å²) >= 11 is 0. The number of rotatable bonds is 4. The molecule has 0 aliphatic rings. The minimum Gasteiger partial charge on any atom is -0.423 e. The molecule has 0 aliphatic heterocycles. The van der Waals surface area contributed by atoms with Crippen molar-refractivity contribution in [3.05, 3.63) is 62.7 Å². The molecule has 2 N–H and O–H groups in total. The average Bonchev–Trinajstić information content (AvgIpc) is 2.44. The van der Waals surface area contributed by atoms with Gasteiger partial charge in [0.15, 0.2) is 0 Å². The van der Waals surface area contributed by atoms with Crippen LogP contribution in [0.5, 0.6) is 0 Å². The number of hydrogen-bond donors (Lipinski definition) is 2. The Morgan fingerprint density at radius 3 is 2.52 bits per heavy atom. The van der Waals surface area contributed by atoms with Gasteiger partial charge in [-0.1, -0.05) is 12.1 Å². The molecule has 21 heavy (non-hydrogen) atoms. The van der Waals surface area contributed by atoms with Crippen molar-refractivity contribution in [3.63, 3.8) is 0 Å². The molecule has 1 heterocycles. The Morgan fingerprint density at radius 1 is 1.24 bits per heavy atom. The summed E-state index contributed by atoms with van der Waals surface area (Å²) in [6.07, 6.45) is 1.39. The Morgan fingerprint density at radius 2 is 1.95 bits per heavy atom. The fourth-order valence-corrected chi connectivity index (χ4v) is 1.97. The lowest BCUT2D eigenvalue weighted by Crippen LogP contribution is -2.39. The van der Waals surface area contributed by atoms with Crippen molar-refractivity contribution in [2.75, 3.05) is 0 Å². The van der Waals surface area contributed by atoms with Crippen molar-refractivity contribution in [1.82, 2.24) is 9.13 Å². The molecular weight excluding hydrogens is 278 g/mol. The van der Waals surface area contributed by atoms with Crippen molar-refractivity contribution < 1.29 is 14.4 Å². The lowest BCUT2D eigenvalue weighted by Gasteiger charge is -2.10. The molecule has 0 saturated carbocycles. The zero-order valence-corrected chi connectivity index (χ0v) is 11.4. The highest BCUT2D eigenvalue weighted by Gasteiger charge is 2.14. The first-order valence-corrected chi connectivity index (χ1v) is 6.38. The summed E-state index contributed by atoms with van der Waals surface area (Å²) in [5, 5.41) is 17.9. The van der Waals surface area contributed by atoms with Gasteiger partial charge in [-0.25, -0.2) is 9.18 Å². The van der Waals surface area contributed by atoms with E-state index in [1.165, 1.54) is 29.0 Å². The highest BCUT2D eigenvalue weighted by Crippen LogP contribution is 2.06. The van der Waals surface area contributed by atoms with Crippen LogP contribution >= 0.6 is 0 Å². The number of aryl methyl sites for hydroxylation is 1. The highest BCUT2D eigenvalue weighted by molar-refractivity contribution is 6.58. The summed E-state index contributed by atoms with van der Waals surface area (Å²) in [6, 6.07) is 4.86. The van der Waals surface area contributed by atoms with Crippen LogP contribution in [-0.4, -0.2) is 26.3 Å². The summed E-state index contributed by atoms with van der Waals surface area (Å²) in [7, 11) is -1.77. The topological polar surface area (TPSA) is 84.5 Å². The van der Waals surface area contributed by atoms with E-state index in [9.17, 15) is 14.0 Å². The van der Waals surface area contributed by atoms with Crippen LogP contribution in [0.3, 0.4) is 0 Å². The standard InChI is InChI=1S/C13H14BFN2O4/c1-2-16-6-5-12(18)17(13(16)19)8-9-3-4-10(14(20)21)7-11(9)15/h3-7,20-21H,2,8H2,1H3. The molecule has 0 fully saturated rings. The van der Waals surface area contributed by atoms with Crippen molar-refractivity contribution in [2.45, 2.75) is 20.0 Å². The average molecular weight is 292 g/mol. The van der Waals surface area contributed by atoms with Crippen LogP contribution in [0, 0.1) is 5.82 Å². The zero-order chi connectivity index (χ0) is 15.6. The van der Waals surface area contributed by atoms with E-state index < -0.39 is 24.2 Å². The Bertz CT molecular complexity index is 769. The highest BCUT2D eigenvalue weighted by atomic mass is 19.1. The van der Waals surface area contributed by atoms with Crippen molar-refractivity contribution >= 4 is 12.6 Å². The minimum absolute atomic E-state index is 0.00243. The molecule has 0 spiro atoms. The van der Waals surface area contributed by atoms with Gasteiger partial charge >= 0.3 is 12.8 Å². The van der Waals surface area contributed by atoms with Crippen molar-refractivity contribution in [3.8, 4) is 0 Å². The molecule has 2 aromatic rings. The smallest absolute Gasteiger partial charge is 0.423 e. The fourth-order valence-electron chi connectivity index (χ4n) is 1.97. The molecular formula is C13H14BFN2O4. The maximum atomic E-state index is 13.9. The van der Waals surface area contributed by atoms with E-state index in [1.807, 2.05) is 0 Å². The molecule has 110 valence electrons. The van der Waals surface area contributed by atoms with E-state index in [4.69, 9.17) is 10.0 Å². The van der Waals surface area contributed by atoms with E-state index in [0.717, 1.165) is 10.6 Å². The van der Waals surface area contributed by atoms with Gasteiger partial charge < -0.3 is 14.6 Å². The van der Waals surface area contributed by atoms with Gasteiger partial charge in [-0.3, -0.25) is 9.36 Å². The zero-order valence-electron chi connectivity index (χ0n) is 11.4. The van der Waals surface area contributed by atoms with E-state index in [0.29, 0.717) is 6.54 Å². The first-order chi connectivity index (χ1) is 9.93. The van der Waals surface area contributed by atoms with Crippen LogP contribution in [0.25, 0.3) is 0 Å². The summed E-state index contributed by atoms with van der Waals surface area (Å²) in [5.74, 6) is -0.709. The molecule has 0 bridgehead atoms. The number of nitrogens with zero attached hydrogens (tertiary/aromatic N) is 2. The lowest BCUT2D eigenvalue weighted by atomic mass is 9.80. The second-order valence-corrected chi connectivity index (χ2v) is 4.53. The number of halogens is 1. The van der Waals surface area contributed by atoms with Gasteiger partial charge in [-0.05, 0) is 18.5 Å². The molecule has 2 rings (SSSR count). The van der Waals surface area contributed by atoms with Gasteiger partial charge in [0.25, 0.3) is 5.56 Å². The Kier molecular flexibility index (Phi) is 4.39. The van der Waals surface area contributed by atoms with Gasteiger partial charge in [0, 0.05) is 24.4 Å². The van der Waals surface area contributed by atoms with Gasteiger partial charge in [0.05, 0.1) is 6.54 Å². The van der Waals surface area contributed by atoms with E-state index in [1.54, 1.807) is 6.92 Å². The third kappa shape index (κ3) is 3.12. The normalized spacial score (nSPS) is 10.7. The summed E-state index contributed by atoms with van der Waals surface area (Å²) in [6.45, 7) is 1.94. The van der Waals surface area contributed by atoms with Gasteiger partial charge in [0.1, 0.15) is 5.82 Å². The van der Waals surface area contributed by atoms with Crippen LogP contribution in [0.15, 0.2) is 40.1 Å².